The highest BCUT2D eigenvalue weighted by Crippen LogP contribution is 2.77. The minimum atomic E-state index is -1.51. The molecule has 7 nitrogen and oxygen atoms in total. The van der Waals surface area contributed by atoms with Crippen molar-refractivity contribution in [2.45, 2.75) is 114 Å². The van der Waals surface area contributed by atoms with E-state index in [9.17, 15) is 24.9 Å². The van der Waals surface area contributed by atoms with Crippen LogP contribution < -0.4 is 0 Å². The molecule has 0 aromatic rings. The molecule has 10 unspecified atom stereocenters. The summed E-state index contributed by atoms with van der Waals surface area (Å²) in [5.41, 5.74) is -4.87. The average Bonchev–Trinajstić information content (AvgIpc) is 3.12. The molecule has 3 saturated carbocycles. The zero-order valence-corrected chi connectivity index (χ0v) is 21.4. The first-order valence-corrected chi connectivity index (χ1v) is 13.1. The van der Waals surface area contributed by atoms with Gasteiger partial charge in [-0.3, -0.25) is 4.79 Å². The number of carbonyl (C=O) groups excluding carboxylic acids is 2. The highest BCUT2D eigenvalue weighted by Gasteiger charge is 2.85. The lowest BCUT2D eigenvalue weighted by Crippen LogP contribution is -2.72. The van der Waals surface area contributed by atoms with E-state index in [1.807, 2.05) is 20.8 Å². The Labute approximate surface area is 206 Å². The van der Waals surface area contributed by atoms with Crippen LogP contribution in [0.25, 0.3) is 0 Å². The third-order valence-corrected chi connectivity index (χ3v) is 12.1. The number of ketones is 1. The molecular weight excluding hydrogens is 448 g/mol. The first kappa shape index (κ1) is 23.8. The van der Waals surface area contributed by atoms with Crippen LogP contribution >= 0.6 is 0 Å². The van der Waals surface area contributed by atoms with E-state index >= 15 is 0 Å². The Bertz CT molecular complexity index is 1090. The smallest absolute Gasteiger partial charge is 0.334 e. The maximum atomic E-state index is 13.4. The molecule has 4 aliphatic carbocycles. The predicted molar refractivity (Wildman–Crippen MR) is 126 cm³/mol. The van der Waals surface area contributed by atoms with Gasteiger partial charge < -0.3 is 24.8 Å². The van der Waals surface area contributed by atoms with Crippen LogP contribution in [0.5, 0.6) is 0 Å². The molecule has 0 spiro atoms. The third-order valence-electron chi connectivity index (χ3n) is 12.1. The average molecular weight is 487 g/mol. The molecule has 2 bridgehead atoms. The van der Waals surface area contributed by atoms with Gasteiger partial charge in [0.25, 0.3) is 0 Å². The monoisotopic (exact) mass is 486 g/mol. The fourth-order valence-corrected chi connectivity index (χ4v) is 9.66. The lowest BCUT2D eigenvalue weighted by atomic mass is 9.42. The molecule has 4 fully saturated rings. The van der Waals surface area contributed by atoms with Crippen LogP contribution in [0.3, 0.4) is 0 Å². The maximum absolute atomic E-state index is 13.4. The Hall–Kier alpha value is -1.54. The molecule has 6 aliphatic rings. The summed E-state index contributed by atoms with van der Waals surface area (Å²) in [6.07, 6.45) is 4.97. The minimum absolute atomic E-state index is 0.147. The molecule has 1 saturated heterocycles. The number of aliphatic hydroxyl groups is 3. The van der Waals surface area contributed by atoms with Crippen molar-refractivity contribution in [2.75, 3.05) is 0 Å². The summed E-state index contributed by atoms with van der Waals surface area (Å²) in [5.74, 6) is -0.926. The van der Waals surface area contributed by atoms with Gasteiger partial charge in [-0.2, -0.15) is 0 Å². The van der Waals surface area contributed by atoms with Gasteiger partial charge in [0.2, 0.25) is 0 Å². The van der Waals surface area contributed by atoms with E-state index in [4.69, 9.17) is 9.47 Å². The van der Waals surface area contributed by atoms with E-state index in [2.05, 4.69) is 6.92 Å². The number of ether oxygens (including phenoxy) is 2. The number of esters is 1. The first-order valence-electron chi connectivity index (χ1n) is 13.1. The molecule has 6 rings (SSSR count). The standard InChI is InChI=1S/C28H38O7/c1-15-13-21(34-22(31)16(15)2)25(5)28(33)12-11-27(35-25)18-14-20(30)26(32)9-6-7-19(29)24(26,4)17(18)8-10-23(27,28)3/h6-7,17-18,20-21,30,32-33H,8-14H2,1-5H3. The van der Waals surface area contributed by atoms with E-state index in [0.29, 0.717) is 44.1 Å². The van der Waals surface area contributed by atoms with Gasteiger partial charge in [0.1, 0.15) is 22.9 Å². The molecule has 192 valence electrons. The number of carbonyl (C=O) groups is 2. The quantitative estimate of drug-likeness (QED) is 0.489. The molecule has 0 aromatic carbocycles. The second-order valence-electron chi connectivity index (χ2n) is 12.9. The van der Waals surface area contributed by atoms with E-state index in [1.54, 1.807) is 19.1 Å². The fraction of sp³-hybridized carbons (Fsp3) is 0.786. The van der Waals surface area contributed by atoms with Crippen molar-refractivity contribution in [3.8, 4) is 0 Å². The predicted octanol–water partition coefficient (Wildman–Crippen LogP) is 2.75. The first-order chi connectivity index (χ1) is 16.2. The van der Waals surface area contributed by atoms with Crippen molar-refractivity contribution in [2.24, 2.45) is 22.7 Å². The summed E-state index contributed by atoms with van der Waals surface area (Å²) in [4.78, 5) is 26.0. The molecule has 0 amide bonds. The van der Waals surface area contributed by atoms with Crippen molar-refractivity contribution in [3.63, 3.8) is 0 Å². The lowest BCUT2D eigenvalue weighted by Gasteiger charge is -2.64. The minimum Gasteiger partial charge on any atom is -0.455 e. The Morgan fingerprint density at radius 3 is 2.43 bits per heavy atom. The van der Waals surface area contributed by atoms with Crippen LogP contribution in [-0.2, 0) is 19.1 Å². The number of aliphatic hydroxyl groups excluding tert-OH is 1. The number of allylic oxidation sites excluding steroid dienone is 1. The number of cyclic esters (lactones) is 1. The molecule has 3 N–H and O–H groups in total. The van der Waals surface area contributed by atoms with Crippen LogP contribution in [-0.4, -0.2) is 61.7 Å². The maximum Gasteiger partial charge on any atom is 0.334 e. The molecule has 7 heteroatoms. The second-order valence-corrected chi connectivity index (χ2v) is 12.9. The van der Waals surface area contributed by atoms with Gasteiger partial charge in [-0.1, -0.05) is 18.6 Å². The van der Waals surface area contributed by atoms with Crippen LogP contribution in [0, 0.1) is 22.7 Å². The van der Waals surface area contributed by atoms with E-state index in [-0.39, 0.29) is 30.0 Å². The van der Waals surface area contributed by atoms with Gasteiger partial charge >= 0.3 is 5.97 Å². The van der Waals surface area contributed by atoms with Crippen LogP contribution in [0.15, 0.2) is 23.3 Å². The Morgan fingerprint density at radius 2 is 1.74 bits per heavy atom. The van der Waals surface area contributed by atoms with Crippen molar-refractivity contribution in [1.82, 2.24) is 0 Å². The van der Waals surface area contributed by atoms with Crippen molar-refractivity contribution < 1.29 is 34.4 Å². The fourth-order valence-electron chi connectivity index (χ4n) is 9.66. The molecule has 35 heavy (non-hydrogen) atoms. The Morgan fingerprint density at radius 1 is 1.03 bits per heavy atom. The van der Waals surface area contributed by atoms with Crippen LogP contribution in [0.2, 0.25) is 0 Å². The molecule has 0 aromatic heterocycles. The summed E-state index contributed by atoms with van der Waals surface area (Å²) >= 11 is 0. The number of hydrogen-bond acceptors (Lipinski definition) is 7. The SMILES string of the molecule is CC1=C(C)C(=O)OC(C2(C)OC34CCC2(O)C3(C)CCC2C4CC(O)C3(O)CC=CC(=O)C23C)C1. The highest BCUT2D eigenvalue weighted by molar-refractivity contribution is 5.97. The number of rotatable bonds is 1. The summed E-state index contributed by atoms with van der Waals surface area (Å²) < 4.78 is 12.9. The summed E-state index contributed by atoms with van der Waals surface area (Å²) in [6, 6.07) is 0. The van der Waals surface area contributed by atoms with E-state index < -0.39 is 45.4 Å². The lowest BCUT2D eigenvalue weighted by molar-refractivity contribution is -0.279. The van der Waals surface area contributed by atoms with Crippen LogP contribution in [0.4, 0.5) is 0 Å². The van der Waals surface area contributed by atoms with Gasteiger partial charge in [-0.15, -0.1) is 0 Å². The van der Waals surface area contributed by atoms with Crippen molar-refractivity contribution >= 4 is 11.8 Å². The van der Waals surface area contributed by atoms with Gasteiger partial charge in [0.05, 0.1) is 17.1 Å². The van der Waals surface area contributed by atoms with E-state index in [0.717, 1.165) is 5.57 Å². The van der Waals surface area contributed by atoms with Gasteiger partial charge in [0, 0.05) is 17.4 Å². The second kappa shape index (κ2) is 6.66. The summed E-state index contributed by atoms with van der Waals surface area (Å²) in [5, 5.41) is 35.4. The largest absolute Gasteiger partial charge is 0.455 e. The van der Waals surface area contributed by atoms with Gasteiger partial charge in [-0.05, 0) is 84.1 Å². The molecular formula is C28H38O7. The normalized spacial score (nSPS) is 57.0. The molecule has 10 atom stereocenters. The molecule has 2 aliphatic heterocycles. The molecule has 0 radical (unpaired) electrons. The summed E-state index contributed by atoms with van der Waals surface area (Å²) in [7, 11) is 0. The summed E-state index contributed by atoms with van der Waals surface area (Å²) in [6.45, 7) is 9.46. The number of hydrogen-bond donors (Lipinski definition) is 3. The number of fused-ring (bicyclic) bond motifs is 3. The topological polar surface area (TPSA) is 113 Å². The Kier molecular flexibility index (Phi) is 4.53. The van der Waals surface area contributed by atoms with Gasteiger partial charge in [0.15, 0.2) is 5.78 Å². The van der Waals surface area contributed by atoms with Crippen molar-refractivity contribution in [3.05, 3.63) is 23.3 Å². The van der Waals surface area contributed by atoms with Crippen LogP contribution in [0.1, 0.15) is 79.6 Å². The Balaban J connectivity index is 1.47. The highest BCUT2D eigenvalue weighted by atomic mass is 16.6. The molecule has 2 heterocycles. The van der Waals surface area contributed by atoms with Crippen molar-refractivity contribution in [1.29, 1.82) is 0 Å². The third kappa shape index (κ3) is 2.30. The zero-order valence-electron chi connectivity index (χ0n) is 21.4. The van der Waals surface area contributed by atoms with E-state index in [1.165, 1.54) is 0 Å². The zero-order chi connectivity index (χ0) is 25.4. The van der Waals surface area contributed by atoms with Gasteiger partial charge in [-0.25, -0.2) is 4.79 Å².